The third kappa shape index (κ3) is 4.42. The van der Waals surface area contributed by atoms with E-state index in [4.69, 9.17) is 10.2 Å². The average molecular weight is 325 g/mol. The van der Waals surface area contributed by atoms with Gasteiger partial charge in [-0.1, -0.05) is 6.07 Å². The molecule has 3 aromatic heterocycles. The lowest BCUT2D eigenvalue weighted by Crippen LogP contribution is -2.33. The first-order valence-electron chi connectivity index (χ1n) is 7.70. The Kier molecular flexibility index (Phi) is 5.18. The Labute approximate surface area is 139 Å². The Hall–Kier alpha value is -3.16. The number of rotatable bonds is 7. The van der Waals surface area contributed by atoms with E-state index in [1.54, 1.807) is 18.5 Å². The van der Waals surface area contributed by atoms with Crippen molar-refractivity contribution in [2.45, 2.75) is 12.8 Å². The first-order chi connectivity index (χ1) is 11.8. The number of hydrogen-bond acceptors (Lipinski definition) is 5. The quantitative estimate of drug-likeness (QED) is 0.443. The van der Waals surface area contributed by atoms with Crippen LogP contribution in [0.4, 0.5) is 0 Å². The highest BCUT2D eigenvalue weighted by Crippen LogP contribution is 2.14. The van der Waals surface area contributed by atoms with Crippen LogP contribution in [0, 0.1) is 0 Å². The molecule has 0 aromatic carbocycles. The molecule has 0 spiro atoms. The van der Waals surface area contributed by atoms with Crippen LogP contribution in [0.5, 0.6) is 0 Å². The van der Waals surface area contributed by atoms with Crippen LogP contribution in [-0.2, 0) is 12.8 Å². The second-order valence-electron chi connectivity index (χ2n) is 5.10. The molecular formula is C16H19N7O. The third-order valence-electron chi connectivity index (χ3n) is 3.32. The van der Waals surface area contributed by atoms with E-state index in [-0.39, 0.29) is 0 Å². The first kappa shape index (κ1) is 15.7. The normalized spacial score (nSPS) is 11.6. The summed E-state index contributed by atoms with van der Waals surface area (Å²) in [7, 11) is 0. The van der Waals surface area contributed by atoms with Crippen LogP contribution in [-0.4, -0.2) is 39.2 Å². The van der Waals surface area contributed by atoms with Gasteiger partial charge in [-0.05, 0) is 24.3 Å². The van der Waals surface area contributed by atoms with Crippen LogP contribution < -0.4 is 11.1 Å². The van der Waals surface area contributed by atoms with Gasteiger partial charge < -0.3 is 15.5 Å². The van der Waals surface area contributed by atoms with Crippen LogP contribution in [0.25, 0.3) is 11.6 Å². The summed E-state index contributed by atoms with van der Waals surface area (Å²) in [5, 5.41) is 10.1. The summed E-state index contributed by atoms with van der Waals surface area (Å²) in [6, 6.07) is 9.46. The predicted octanol–water partition coefficient (Wildman–Crippen LogP) is 1.15. The molecule has 0 radical (unpaired) electrons. The Morgan fingerprint density at radius 3 is 3.00 bits per heavy atom. The number of guanidine groups is 1. The number of furan rings is 1. The van der Waals surface area contributed by atoms with Crippen molar-refractivity contribution < 1.29 is 4.42 Å². The van der Waals surface area contributed by atoms with E-state index >= 15 is 0 Å². The minimum atomic E-state index is 0.414. The van der Waals surface area contributed by atoms with Gasteiger partial charge in [0.15, 0.2) is 11.7 Å². The third-order valence-corrected chi connectivity index (χ3v) is 3.32. The fourth-order valence-corrected chi connectivity index (χ4v) is 2.13. The number of nitrogens with zero attached hydrogens (tertiary/aromatic N) is 4. The maximum Gasteiger partial charge on any atom is 0.216 e. The summed E-state index contributed by atoms with van der Waals surface area (Å²) >= 11 is 0. The first-order valence-corrected chi connectivity index (χ1v) is 7.70. The van der Waals surface area contributed by atoms with Crippen LogP contribution >= 0.6 is 0 Å². The molecule has 0 unspecified atom stereocenters. The van der Waals surface area contributed by atoms with Crippen LogP contribution in [0.2, 0.25) is 0 Å². The molecule has 8 nitrogen and oxygen atoms in total. The van der Waals surface area contributed by atoms with E-state index in [1.807, 2.05) is 24.3 Å². The molecule has 0 amide bonds. The number of aromatic amines is 1. The van der Waals surface area contributed by atoms with E-state index in [2.05, 4.69) is 30.5 Å². The van der Waals surface area contributed by atoms with Gasteiger partial charge in [-0.15, -0.1) is 0 Å². The highest BCUT2D eigenvalue weighted by molar-refractivity contribution is 5.77. The molecule has 0 atom stereocenters. The second-order valence-corrected chi connectivity index (χ2v) is 5.10. The van der Waals surface area contributed by atoms with Crippen molar-refractivity contribution in [3.05, 3.63) is 54.3 Å². The molecule has 8 heteroatoms. The van der Waals surface area contributed by atoms with Crippen molar-refractivity contribution in [2.75, 3.05) is 13.1 Å². The lowest BCUT2D eigenvalue weighted by atomic mass is 10.3. The van der Waals surface area contributed by atoms with Gasteiger partial charge in [0.05, 0.1) is 6.26 Å². The average Bonchev–Trinajstić information content (AvgIpc) is 3.27. The van der Waals surface area contributed by atoms with Crippen molar-refractivity contribution in [2.24, 2.45) is 10.7 Å². The molecule has 0 fully saturated rings. The molecule has 24 heavy (non-hydrogen) atoms. The molecule has 3 aromatic rings. The van der Waals surface area contributed by atoms with Gasteiger partial charge in [0, 0.05) is 37.8 Å². The smallest absolute Gasteiger partial charge is 0.216 e. The molecule has 0 bridgehead atoms. The molecule has 0 saturated heterocycles. The molecular weight excluding hydrogens is 306 g/mol. The monoisotopic (exact) mass is 325 g/mol. The van der Waals surface area contributed by atoms with Gasteiger partial charge in [0.2, 0.25) is 5.82 Å². The topological polar surface area (TPSA) is 118 Å². The summed E-state index contributed by atoms with van der Waals surface area (Å²) in [6.07, 6.45) is 4.79. The summed E-state index contributed by atoms with van der Waals surface area (Å²) in [6.45, 7) is 1.21. The fraction of sp³-hybridized carbons (Fsp3) is 0.250. The van der Waals surface area contributed by atoms with Crippen LogP contribution in [0.1, 0.15) is 11.5 Å². The lowest BCUT2D eigenvalue weighted by Gasteiger charge is -2.04. The second kappa shape index (κ2) is 7.91. The summed E-state index contributed by atoms with van der Waals surface area (Å²) in [5.74, 6) is 2.33. The van der Waals surface area contributed by atoms with E-state index in [9.17, 15) is 0 Å². The fourth-order valence-electron chi connectivity index (χ4n) is 2.13. The standard InChI is InChI=1S/C16H19N7O/c17-16(19-9-6-12-4-1-2-8-18-12)20-10-7-14-21-15(23-22-14)13-5-3-11-24-13/h1-5,8,11H,6-7,9-10H2,(H3,17,19,20)(H,21,22,23). The summed E-state index contributed by atoms with van der Waals surface area (Å²) < 4.78 is 5.25. The maximum absolute atomic E-state index is 5.84. The summed E-state index contributed by atoms with van der Waals surface area (Å²) in [5.41, 5.74) is 6.86. The van der Waals surface area contributed by atoms with Crippen molar-refractivity contribution in [1.82, 2.24) is 25.5 Å². The van der Waals surface area contributed by atoms with Gasteiger partial charge >= 0.3 is 0 Å². The number of H-pyrrole nitrogens is 1. The zero-order chi connectivity index (χ0) is 16.6. The van der Waals surface area contributed by atoms with Crippen molar-refractivity contribution in [3.8, 4) is 11.6 Å². The van der Waals surface area contributed by atoms with Crippen LogP contribution in [0.15, 0.2) is 52.2 Å². The lowest BCUT2D eigenvalue weighted by molar-refractivity contribution is 0.577. The van der Waals surface area contributed by atoms with Crippen molar-refractivity contribution in [1.29, 1.82) is 0 Å². The number of nitrogens with one attached hydrogen (secondary N) is 2. The number of aliphatic imine (C=N–C) groups is 1. The van der Waals surface area contributed by atoms with E-state index < -0.39 is 0 Å². The molecule has 0 aliphatic rings. The minimum Gasteiger partial charge on any atom is -0.461 e. The van der Waals surface area contributed by atoms with E-state index in [0.29, 0.717) is 37.1 Å². The highest BCUT2D eigenvalue weighted by Gasteiger charge is 2.07. The van der Waals surface area contributed by atoms with Crippen LogP contribution in [0.3, 0.4) is 0 Å². The molecule has 124 valence electrons. The summed E-state index contributed by atoms with van der Waals surface area (Å²) in [4.78, 5) is 12.9. The Bertz CT molecular complexity index is 765. The van der Waals surface area contributed by atoms with Gasteiger partial charge in [-0.2, -0.15) is 5.10 Å². The zero-order valence-electron chi connectivity index (χ0n) is 13.1. The maximum atomic E-state index is 5.84. The van der Waals surface area contributed by atoms with Gasteiger partial charge in [-0.25, -0.2) is 4.98 Å². The molecule has 3 rings (SSSR count). The molecule has 0 aliphatic heterocycles. The zero-order valence-corrected chi connectivity index (χ0v) is 13.1. The molecule has 4 N–H and O–H groups in total. The molecule has 0 saturated carbocycles. The van der Waals surface area contributed by atoms with E-state index in [0.717, 1.165) is 17.9 Å². The minimum absolute atomic E-state index is 0.414. The van der Waals surface area contributed by atoms with Gasteiger partial charge in [0.25, 0.3) is 0 Å². The predicted molar refractivity (Wildman–Crippen MR) is 90.2 cm³/mol. The van der Waals surface area contributed by atoms with Gasteiger partial charge in [-0.3, -0.25) is 15.1 Å². The van der Waals surface area contributed by atoms with E-state index in [1.165, 1.54) is 0 Å². The SMILES string of the molecule is NC(=NCCc1nc(-c2ccco2)n[nH]1)NCCc1ccccn1. The van der Waals surface area contributed by atoms with Crippen molar-refractivity contribution in [3.63, 3.8) is 0 Å². The Morgan fingerprint density at radius 1 is 1.25 bits per heavy atom. The number of hydrogen-bond donors (Lipinski definition) is 3. The van der Waals surface area contributed by atoms with Gasteiger partial charge in [0.1, 0.15) is 5.82 Å². The largest absolute Gasteiger partial charge is 0.461 e. The number of aromatic nitrogens is 4. The number of nitrogens with two attached hydrogens (primary N) is 1. The number of pyridine rings is 1. The Balaban J connectivity index is 1.41. The Morgan fingerprint density at radius 2 is 2.21 bits per heavy atom. The molecule has 0 aliphatic carbocycles. The molecule has 3 heterocycles. The highest BCUT2D eigenvalue weighted by atomic mass is 16.3. The van der Waals surface area contributed by atoms with Crippen molar-refractivity contribution >= 4 is 5.96 Å².